The van der Waals surface area contributed by atoms with Crippen LogP contribution in [0.4, 0.5) is 17.1 Å². The maximum Gasteiger partial charge on any atom is 0.293 e. The van der Waals surface area contributed by atoms with Gasteiger partial charge in [-0.3, -0.25) is 10.1 Å². The third kappa shape index (κ3) is 3.38. The van der Waals surface area contributed by atoms with Crippen LogP contribution in [-0.4, -0.2) is 44.5 Å². The number of fused-ring (bicyclic) bond motifs is 1. The quantitative estimate of drug-likeness (QED) is 0.500. The Bertz CT molecular complexity index is 696. The zero-order chi connectivity index (χ0) is 18.6. The maximum atomic E-state index is 11.5. The van der Waals surface area contributed by atoms with E-state index in [-0.39, 0.29) is 21.8 Å². The van der Waals surface area contributed by atoms with Crippen LogP contribution in [0.2, 0.25) is 18.1 Å². The number of rotatable bonds is 4. The summed E-state index contributed by atoms with van der Waals surface area (Å²) in [7, 11) is 0.120. The molecule has 0 radical (unpaired) electrons. The van der Waals surface area contributed by atoms with Crippen molar-refractivity contribution in [1.29, 1.82) is 0 Å². The molecule has 0 saturated carbocycles. The van der Waals surface area contributed by atoms with Crippen molar-refractivity contribution in [1.82, 2.24) is 5.01 Å². The second-order valence-corrected chi connectivity index (χ2v) is 13.4. The molecule has 3 rings (SSSR count). The van der Waals surface area contributed by atoms with Gasteiger partial charge < -0.3 is 14.8 Å². The first-order valence-electron chi connectivity index (χ1n) is 8.70. The van der Waals surface area contributed by atoms with Crippen molar-refractivity contribution in [3.63, 3.8) is 0 Å². The fourth-order valence-electron chi connectivity index (χ4n) is 3.06. The molecule has 1 aromatic rings. The van der Waals surface area contributed by atoms with E-state index < -0.39 is 8.32 Å². The number of nitro benzene ring substituents is 1. The van der Waals surface area contributed by atoms with Crippen molar-refractivity contribution in [3.05, 3.63) is 27.8 Å². The first-order valence-corrected chi connectivity index (χ1v) is 11.6. The van der Waals surface area contributed by atoms with E-state index in [1.54, 1.807) is 6.07 Å². The van der Waals surface area contributed by atoms with E-state index in [1.807, 2.05) is 18.1 Å². The van der Waals surface area contributed by atoms with Gasteiger partial charge in [-0.2, -0.15) is 0 Å². The van der Waals surface area contributed by atoms with Gasteiger partial charge in [-0.1, -0.05) is 20.8 Å². The molecule has 1 fully saturated rings. The van der Waals surface area contributed by atoms with Crippen LogP contribution in [-0.2, 0) is 11.0 Å². The molecule has 25 heavy (non-hydrogen) atoms. The maximum absolute atomic E-state index is 11.5. The number of hydrazine groups is 1. The van der Waals surface area contributed by atoms with Crippen molar-refractivity contribution < 1.29 is 9.35 Å². The Balaban J connectivity index is 1.75. The summed E-state index contributed by atoms with van der Waals surface area (Å²) in [6.07, 6.45) is 0.157. The number of anilines is 2. The molecule has 7 nitrogen and oxygen atoms in total. The highest BCUT2D eigenvalue weighted by molar-refractivity contribution is 6.74. The predicted octanol–water partition coefficient (Wildman–Crippen LogP) is 3.58. The standard InChI is InChI=1S/C17H28N4O3Si/c1-17(2,3)25(5,6)24-13-10-20(11-13)15-8-14-12(9-19(4)18-14)7-16(15)21(22)23/h7-8,13,18H,9-11H2,1-6H3. The van der Waals surface area contributed by atoms with Crippen LogP contribution in [0.3, 0.4) is 0 Å². The van der Waals surface area contributed by atoms with Gasteiger partial charge in [0.15, 0.2) is 8.32 Å². The van der Waals surface area contributed by atoms with Gasteiger partial charge in [0.2, 0.25) is 0 Å². The molecule has 0 unspecified atom stereocenters. The monoisotopic (exact) mass is 364 g/mol. The molecular weight excluding hydrogens is 336 g/mol. The van der Waals surface area contributed by atoms with Gasteiger partial charge in [0.25, 0.3) is 5.69 Å². The molecule has 0 bridgehead atoms. The summed E-state index contributed by atoms with van der Waals surface area (Å²) < 4.78 is 6.40. The van der Waals surface area contributed by atoms with Crippen LogP contribution in [0.1, 0.15) is 26.3 Å². The average molecular weight is 365 g/mol. The van der Waals surface area contributed by atoms with E-state index in [9.17, 15) is 10.1 Å². The third-order valence-corrected chi connectivity index (χ3v) is 10.1. The zero-order valence-corrected chi connectivity index (χ0v) is 16.9. The Hall–Kier alpha value is -1.64. The molecule has 0 amide bonds. The summed E-state index contributed by atoms with van der Waals surface area (Å²) in [4.78, 5) is 13.3. The van der Waals surface area contributed by atoms with Crippen LogP contribution < -0.4 is 10.3 Å². The van der Waals surface area contributed by atoms with Gasteiger partial charge in [-0.15, -0.1) is 0 Å². The second-order valence-electron chi connectivity index (χ2n) is 8.63. The third-order valence-electron chi connectivity index (χ3n) is 5.57. The van der Waals surface area contributed by atoms with E-state index in [4.69, 9.17) is 4.43 Å². The highest BCUT2D eigenvalue weighted by Gasteiger charge is 2.43. The summed E-state index contributed by atoms with van der Waals surface area (Å²) in [6.45, 7) is 13.3. The number of nitrogens with zero attached hydrogens (tertiary/aromatic N) is 3. The Morgan fingerprint density at radius 1 is 1.32 bits per heavy atom. The number of hydrogen-bond donors (Lipinski definition) is 1. The molecule has 2 heterocycles. The van der Waals surface area contributed by atoms with E-state index in [1.165, 1.54) is 0 Å². The second kappa shape index (κ2) is 5.96. The largest absolute Gasteiger partial charge is 0.410 e. The summed E-state index contributed by atoms with van der Waals surface area (Å²) in [5.41, 5.74) is 6.02. The summed E-state index contributed by atoms with van der Waals surface area (Å²) in [5, 5.41) is 13.6. The molecule has 1 aromatic carbocycles. The number of nitro groups is 1. The lowest BCUT2D eigenvalue weighted by molar-refractivity contribution is -0.384. The van der Waals surface area contributed by atoms with Crippen LogP contribution >= 0.6 is 0 Å². The minimum Gasteiger partial charge on any atom is -0.410 e. The van der Waals surface area contributed by atoms with Crippen LogP contribution in [0.15, 0.2) is 12.1 Å². The van der Waals surface area contributed by atoms with Crippen molar-refractivity contribution in [2.45, 2.75) is 51.6 Å². The molecule has 0 aliphatic carbocycles. The Morgan fingerprint density at radius 2 is 1.96 bits per heavy atom. The van der Waals surface area contributed by atoms with E-state index in [2.05, 4.69) is 44.2 Å². The normalized spacial score (nSPS) is 18.7. The van der Waals surface area contributed by atoms with Gasteiger partial charge in [-0.25, -0.2) is 5.01 Å². The molecule has 0 atom stereocenters. The molecule has 138 valence electrons. The molecule has 1 N–H and O–H groups in total. The van der Waals surface area contributed by atoms with Gasteiger partial charge in [0.05, 0.1) is 16.7 Å². The van der Waals surface area contributed by atoms with Gasteiger partial charge in [0, 0.05) is 32.7 Å². The number of benzene rings is 1. The van der Waals surface area contributed by atoms with E-state index in [0.29, 0.717) is 25.3 Å². The fraction of sp³-hybridized carbons (Fsp3) is 0.647. The van der Waals surface area contributed by atoms with Gasteiger partial charge >= 0.3 is 0 Å². The van der Waals surface area contributed by atoms with Gasteiger partial charge in [0.1, 0.15) is 5.69 Å². The predicted molar refractivity (Wildman–Crippen MR) is 102 cm³/mol. The topological polar surface area (TPSA) is 70.9 Å². The Morgan fingerprint density at radius 3 is 2.52 bits per heavy atom. The molecule has 0 aromatic heterocycles. The lowest BCUT2D eigenvalue weighted by Gasteiger charge is -2.47. The molecule has 2 aliphatic heterocycles. The Labute approximate surface area is 150 Å². The van der Waals surface area contributed by atoms with Crippen molar-refractivity contribution in [2.24, 2.45) is 0 Å². The Kier molecular flexibility index (Phi) is 4.33. The van der Waals surface area contributed by atoms with Crippen LogP contribution in [0.5, 0.6) is 0 Å². The molecule has 8 heteroatoms. The molecule has 0 spiro atoms. The highest BCUT2D eigenvalue weighted by Crippen LogP contribution is 2.41. The van der Waals surface area contributed by atoms with Gasteiger partial charge in [-0.05, 0) is 29.8 Å². The zero-order valence-electron chi connectivity index (χ0n) is 15.9. The SMILES string of the molecule is CN1Cc2cc([N+](=O)[O-])c(N3CC(O[Si](C)(C)C(C)(C)C)C3)cc2N1. The summed E-state index contributed by atoms with van der Waals surface area (Å²) >= 11 is 0. The summed E-state index contributed by atoms with van der Waals surface area (Å²) in [6, 6.07) is 3.60. The van der Waals surface area contributed by atoms with Crippen molar-refractivity contribution in [3.8, 4) is 0 Å². The number of nitrogens with one attached hydrogen (secondary N) is 1. The lowest BCUT2D eigenvalue weighted by atomic mass is 10.1. The highest BCUT2D eigenvalue weighted by atomic mass is 28.4. The molecule has 2 aliphatic rings. The smallest absolute Gasteiger partial charge is 0.293 e. The van der Waals surface area contributed by atoms with E-state index >= 15 is 0 Å². The van der Waals surface area contributed by atoms with Crippen LogP contribution in [0, 0.1) is 10.1 Å². The first kappa shape index (κ1) is 18.2. The van der Waals surface area contributed by atoms with Crippen molar-refractivity contribution >= 4 is 25.4 Å². The van der Waals surface area contributed by atoms with E-state index in [0.717, 1.165) is 11.3 Å². The minimum absolute atomic E-state index is 0.157. The lowest BCUT2D eigenvalue weighted by Crippen LogP contribution is -2.58. The summed E-state index contributed by atoms with van der Waals surface area (Å²) in [5.74, 6) is 0. The number of hydrogen-bond acceptors (Lipinski definition) is 6. The fourth-order valence-corrected chi connectivity index (χ4v) is 4.39. The average Bonchev–Trinajstić information content (AvgIpc) is 2.78. The minimum atomic E-state index is -1.81. The van der Waals surface area contributed by atoms with Crippen molar-refractivity contribution in [2.75, 3.05) is 30.5 Å². The molecular formula is C17H28N4O3Si. The van der Waals surface area contributed by atoms with Crippen LogP contribution in [0.25, 0.3) is 0 Å². The first-order chi connectivity index (χ1) is 11.5. The molecule has 1 saturated heterocycles.